The van der Waals surface area contributed by atoms with Crippen molar-refractivity contribution in [2.24, 2.45) is 5.41 Å². The summed E-state index contributed by atoms with van der Waals surface area (Å²) >= 11 is 0. The molecule has 5 nitrogen and oxygen atoms in total. The van der Waals surface area contributed by atoms with Crippen molar-refractivity contribution in [3.63, 3.8) is 0 Å². The Balaban J connectivity index is 3.05. The van der Waals surface area contributed by atoms with Crippen LogP contribution in [0.25, 0.3) is 0 Å². The SMILES string of the molecule is CC(C)OC1C(CO)OC(C(C)(C)C)C(N(C)C)C1O. The zero-order chi connectivity index (χ0) is 15.7. The summed E-state index contributed by atoms with van der Waals surface area (Å²) in [4.78, 5) is 1.98. The molecule has 0 aliphatic carbocycles. The van der Waals surface area contributed by atoms with Crippen LogP contribution in [0.1, 0.15) is 34.6 Å². The molecule has 0 bridgehead atoms. The molecule has 0 aromatic carbocycles. The fraction of sp³-hybridized carbons (Fsp3) is 1.00. The summed E-state index contributed by atoms with van der Waals surface area (Å²) in [6.45, 7) is 9.93. The summed E-state index contributed by atoms with van der Waals surface area (Å²) in [5.41, 5.74) is -0.133. The zero-order valence-electron chi connectivity index (χ0n) is 13.8. The van der Waals surface area contributed by atoms with Crippen molar-refractivity contribution < 1.29 is 19.7 Å². The highest BCUT2D eigenvalue weighted by Crippen LogP contribution is 2.36. The predicted octanol–water partition coefficient (Wildman–Crippen LogP) is 0.877. The maximum absolute atomic E-state index is 10.7. The zero-order valence-corrected chi connectivity index (χ0v) is 13.8. The second-order valence-electron chi connectivity index (χ2n) is 7.24. The van der Waals surface area contributed by atoms with E-state index in [1.165, 1.54) is 0 Å². The normalized spacial score (nSPS) is 35.9. The maximum atomic E-state index is 10.7. The van der Waals surface area contributed by atoms with Crippen LogP contribution in [-0.4, -0.2) is 72.4 Å². The average molecular weight is 289 g/mol. The molecule has 120 valence electrons. The van der Waals surface area contributed by atoms with Gasteiger partial charge in [0.15, 0.2) is 0 Å². The van der Waals surface area contributed by atoms with Crippen LogP contribution in [0.3, 0.4) is 0 Å². The van der Waals surface area contributed by atoms with Gasteiger partial charge in [0.05, 0.1) is 24.9 Å². The molecular formula is C15H31NO4. The lowest BCUT2D eigenvalue weighted by molar-refractivity contribution is -0.250. The van der Waals surface area contributed by atoms with E-state index in [0.29, 0.717) is 0 Å². The summed E-state index contributed by atoms with van der Waals surface area (Å²) in [5, 5.41) is 20.3. The molecule has 0 aromatic rings. The standard InChI is InChI=1S/C15H31NO4/c1-9(2)19-13-10(8-17)20-14(15(3,4)5)11(12(13)18)16(6)7/h9-14,17-18H,8H2,1-7H3. The Morgan fingerprint density at radius 1 is 1.25 bits per heavy atom. The number of likely N-dealkylation sites (N-methyl/N-ethyl adjacent to an activating group) is 1. The average Bonchev–Trinajstić information content (AvgIpc) is 2.28. The van der Waals surface area contributed by atoms with Gasteiger partial charge in [0.25, 0.3) is 0 Å². The predicted molar refractivity (Wildman–Crippen MR) is 78.7 cm³/mol. The number of hydrogen-bond acceptors (Lipinski definition) is 5. The number of nitrogens with zero attached hydrogens (tertiary/aromatic N) is 1. The third-order valence-corrected chi connectivity index (χ3v) is 3.74. The van der Waals surface area contributed by atoms with Gasteiger partial charge in [-0.05, 0) is 33.4 Å². The first-order chi connectivity index (χ1) is 9.09. The Morgan fingerprint density at radius 3 is 2.15 bits per heavy atom. The van der Waals surface area contributed by atoms with E-state index in [0.717, 1.165) is 0 Å². The first-order valence-electron chi connectivity index (χ1n) is 7.35. The van der Waals surface area contributed by atoms with E-state index in [9.17, 15) is 10.2 Å². The van der Waals surface area contributed by atoms with E-state index in [-0.39, 0.29) is 30.3 Å². The molecule has 1 saturated heterocycles. The van der Waals surface area contributed by atoms with Gasteiger partial charge in [0, 0.05) is 0 Å². The Bertz CT molecular complexity index is 301. The van der Waals surface area contributed by atoms with Crippen molar-refractivity contribution >= 4 is 0 Å². The van der Waals surface area contributed by atoms with Crippen molar-refractivity contribution in [1.82, 2.24) is 4.90 Å². The van der Waals surface area contributed by atoms with Gasteiger partial charge >= 0.3 is 0 Å². The molecule has 1 heterocycles. The number of aliphatic hydroxyl groups is 2. The molecule has 1 fully saturated rings. The van der Waals surface area contributed by atoms with Crippen LogP contribution in [-0.2, 0) is 9.47 Å². The van der Waals surface area contributed by atoms with Crippen LogP contribution in [0.15, 0.2) is 0 Å². The quantitative estimate of drug-likeness (QED) is 0.804. The molecule has 5 heteroatoms. The lowest BCUT2D eigenvalue weighted by Gasteiger charge is -2.51. The van der Waals surface area contributed by atoms with E-state index < -0.39 is 18.3 Å². The van der Waals surface area contributed by atoms with Crippen molar-refractivity contribution in [2.45, 2.75) is 71.2 Å². The fourth-order valence-electron chi connectivity index (χ4n) is 2.86. The Labute approximate surface area is 122 Å². The van der Waals surface area contributed by atoms with Crippen LogP contribution in [0.4, 0.5) is 0 Å². The van der Waals surface area contributed by atoms with Crippen LogP contribution in [0.5, 0.6) is 0 Å². The van der Waals surface area contributed by atoms with Gasteiger partial charge in [0.1, 0.15) is 18.3 Å². The smallest absolute Gasteiger partial charge is 0.114 e. The minimum Gasteiger partial charge on any atom is -0.394 e. The summed E-state index contributed by atoms with van der Waals surface area (Å²) < 4.78 is 11.9. The van der Waals surface area contributed by atoms with Gasteiger partial charge in [-0.2, -0.15) is 0 Å². The molecule has 2 N–H and O–H groups in total. The molecule has 0 radical (unpaired) electrons. The van der Waals surface area contributed by atoms with Gasteiger partial charge in [-0.25, -0.2) is 0 Å². The van der Waals surface area contributed by atoms with Crippen LogP contribution in [0.2, 0.25) is 0 Å². The lowest BCUT2D eigenvalue weighted by atomic mass is 9.78. The summed E-state index contributed by atoms with van der Waals surface area (Å²) in [6.07, 6.45) is -1.89. The number of aliphatic hydroxyl groups excluding tert-OH is 2. The van der Waals surface area contributed by atoms with Gasteiger partial charge in [0.2, 0.25) is 0 Å². The second kappa shape index (κ2) is 6.71. The van der Waals surface area contributed by atoms with Crippen LogP contribution in [0, 0.1) is 5.41 Å². The molecule has 0 aromatic heterocycles. The third-order valence-electron chi connectivity index (χ3n) is 3.74. The van der Waals surface area contributed by atoms with Crippen LogP contribution >= 0.6 is 0 Å². The third kappa shape index (κ3) is 3.92. The molecule has 1 aliphatic rings. The minimum absolute atomic E-state index is 0.0266. The van der Waals surface area contributed by atoms with E-state index >= 15 is 0 Å². The molecule has 20 heavy (non-hydrogen) atoms. The second-order valence-corrected chi connectivity index (χ2v) is 7.24. The topological polar surface area (TPSA) is 62.2 Å². The van der Waals surface area contributed by atoms with Crippen molar-refractivity contribution in [3.8, 4) is 0 Å². The Morgan fingerprint density at radius 2 is 1.80 bits per heavy atom. The monoisotopic (exact) mass is 289 g/mol. The first kappa shape index (κ1) is 17.9. The van der Waals surface area contributed by atoms with Gasteiger partial charge < -0.3 is 24.6 Å². The van der Waals surface area contributed by atoms with E-state index in [1.54, 1.807) is 0 Å². The van der Waals surface area contributed by atoms with Crippen LogP contribution < -0.4 is 0 Å². The fourth-order valence-corrected chi connectivity index (χ4v) is 2.86. The Kier molecular flexibility index (Phi) is 5.99. The molecule has 1 aliphatic heterocycles. The molecule has 0 amide bonds. The highest BCUT2D eigenvalue weighted by molar-refractivity contribution is 5.01. The van der Waals surface area contributed by atoms with E-state index in [4.69, 9.17) is 9.47 Å². The van der Waals surface area contributed by atoms with Crippen molar-refractivity contribution in [1.29, 1.82) is 0 Å². The van der Waals surface area contributed by atoms with Gasteiger partial charge in [-0.3, -0.25) is 0 Å². The maximum Gasteiger partial charge on any atom is 0.114 e. The molecule has 0 spiro atoms. The molecule has 0 saturated carbocycles. The molecular weight excluding hydrogens is 258 g/mol. The Hall–Kier alpha value is -0.200. The molecule has 5 unspecified atom stereocenters. The minimum atomic E-state index is -0.692. The summed E-state index contributed by atoms with van der Waals surface area (Å²) in [6, 6.07) is -0.165. The van der Waals surface area contributed by atoms with Gasteiger partial charge in [-0.1, -0.05) is 20.8 Å². The summed E-state index contributed by atoms with van der Waals surface area (Å²) in [7, 11) is 3.86. The number of hydrogen-bond donors (Lipinski definition) is 2. The van der Waals surface area contributed by atoms with E-state index in [2.05, 4.69) is 20.8 Å². The number of ether oxygens (including phenoxy) is 2. The van der Waals surface area contributed by atoms with Crippen molar-refractivity contribution in [3.05, 3.63) is 0 Å². The molecule has 5 atom stereocenters. The van der Waals surface area contributed by atoms with Crippen molar-refractivity contribution in [2.75, 3.05) is 20.7 Å². The van der Waals surface area contributed by atoms with Gasteiger partial charge in [-0.15, -0.1) is 0 Å². The lowest BCUT2D eigenvalue weighted by Crippen LogP contribution is -2.66. The van der Waals surface area contributed by atoms with E-state index in [1.807, 2.05) is 32.8 Å². The largest absolute Gasteiger partial charge is 0.394 e. The highest BCUT2D eigenvalue weighted by atomic mass is 16.6. The molecule has 1 rings (SSSR count). The highest BCUT2D eigenvalue weighted by Gasteiger charge is 2.50. The summed E-state index contributed by atoms with van der Waals surface area (Å²) in [5.74, 6) is 0. The number of rotatable bonds is 4. The first-order valence-corrected chi connectivity index (χ1v) is 7.35.